The van der Waals surface area contributed by atoms with Gasteiger partial charge in [0, 0.05) is 0 Å². The van der Waals surface area contributed by atoms with Crippen molar-refractivity contribution in [2.45, 2.75) is 6.43 Å². The molecule has 7 heteroatoms. The summed E-state index contributed by atoms with van der Waals surface area (Å²) in [5, 5.41) is 11.3. The summed E-state index contributed by atoms with van der Waals surface area (Å²) in [4.78, 5) is 0. The third-order valence-electron chi connectivity index (χ3n) is 1.18. The number of anilines is 1. The fourth-order valence-electron chi connectivity index (χ4n) is 0.658. The van der Waals surface area contributed by atoms with Crippen molar-refractivity contribution in [1.29, 1.82) is 5.26 Å². The van der Waals surface area contributed by atoms with Gasteiger partial charge in [-0.05, 0) is 11.5 Å². The Morgan fingerprint density at radius 1 is 1.69 bits per heavy atom. The third-order valence-corrected chi connectivity index (χ3v) is 2.36. The molecule has 13 heavy (non-hydrogen) atoms. The van der Waals surface area contributed by atoms with Gasteiger partial charge in [0.05, 0.1) is 6.54 Å². The lowest BCUT2D eigenvalue weighted by molar-refractivity contribution is 0.163. The highest BCUT2D eigenvalue weighted by atomic mass is 35.5. The number of alkyl halides is 2. The minimum absolute atomic E-state index is 0.0456. The highest BCUT2D eigenvalue weighted by Gasteiger charge is 2.12. The lowest BCUT2D eigenvalue weighted by Crippen LogP contribution is -2.09. The molecule has 0 aliphatic heterocycles. The zero-order valence-corrected chi connectivity index (χ0v) is 7.79. The number of hydrogen-bond acceptors (Lipinski definition) is 4. The molecule has 70 valence electrons. The Kier molecular flexibility index (Phi) is 3.39. The fourth-order valence-corrected chi connectivity index (χ4v) is 1.60. The first kappa shape index (κ1) is 10.2. The van der Waals surface area contributed by atoms with Crippen molar-refractivity contribution in [3.8, 4) is 6.07 Å². The van der Waals surface area contributed by atoms with E-state index < -0.39 is 13.0 Å². The van der Waals surface area contributed by atoms with Crippen molar-refractivity contribution < 1.29 is 8.78 Å². The van der Waals surface area contributed by atoms with E-state index in [1.165, 1.54) is 0 Å². The molecule has 1 rings (SSSR count). The van der Waals surface area contributed by atoms with Crippen molar-refractivity contribution in [2.24, 2.45) is 0 Å². The van der Waals surface area contributed by atoms with Gasteiger partial charge in [-0.3, -0.25) is 0 Å². The molecule has 0 radical (unpaired) electrons. The maximum absolute atomic E-state index is 11.8. The number of rotatable bonds is 3. The Bertz CT molecular complexity index is 333. The van der Waals surface area contributed by atoms with E-state index in [9.17, 15) is 8.78 Å². The average molecular weight is 224 g/mol. The quantitative estimate of drug-likeness (QED) is 0.856. The van der Waals surface area contributed by atoms with Gasteiger partial charge in [-0.1, -0.05) is 11.6 Å². The summed E-state index contributed by atoms with van der Waals surface area (Å²) in [5.74, 6) is 0. The van der Waals surface area contributed by atoms with Crippen LogP contribution in [0.2, 0.25) is 5.15 Å². The van der Waals surface area contributed by atoms with Gasteiger partial charge < -0.3 is 5.32 Å². The van der Waals surface area contributed by atoms with Crippen LogP contribution in [0.3, 0.4) is 0 Å². The molecule has 0 saturated heterocycles. The van der Waals surface area contributed by atoms with Crippen LogP contribution in [0.15, 0.2) is 0 Å². The molecule has 0 spiro atoms. The van der Waals surface area contributed by atoms with Gasteiger partial charge in [-0.25, -0.2) is 8.78 Å². The van der Waals surface area contributed by atoms with Gasteiger partial charge in [0.15, 0.2) is 5.15 Å². The lowest BCUT2D eigenvalue weighted by Gasteiger charge is -2.00. The second-order valence-corrected chi connectivity index (χ2v) is 3.19. The van der Waals surface area contributed by atoms with Crippen molar-refractivity contribution in [1.82, 2.24) is 4.37 Å². The number of aromatic nitrogens is 1. The summed E-state index contributed by atoms with van der Waals surface area (Å²) in [5.41, 5.74) is 0.118. The van der Waals surface area contributed by atoms with E-state index in [4.69, 9.17) is 16.9 Å². The van der Waals surface area contributed by atoms with Crippen molar-refractivity contribution in [2.75, 3.05) is 11.9 Å². The zero-order chi connectivity index (χ0) is 9.84. The largest absolute Gasteiger partial charge is 0.369 e. The van der Waals surface area contributed by atoms with Gasteiger partial charge in [-0.2, -0.15) is 9.64 Å². The molecule has 0 aromatic carbocycles. The van der Waals surface area contributed by atoms with Gasteiger partial charge in [0.2, 0.25) is 0 Å². The SMILES string of the molecule is N#Cc1c(Cl)nsc1NCC(F)F. The number of nitriles is 1. The van der Waals surface area contributed by atoms with Crippen LogP contribution in [0.1, 0.15) is 5.56 Å². The Morgan fingerprint density at radius 2 is 2.38 bits per heavy atom. The van der Waals surface area contributed by atoms with Gasteiger partial charge in [0.25, 0.3) is 6.43 Å². The highest BCUT2D eigenvalue weighted by molar-refractivity contribution is 7.10. The second kappa shape index (κ2) is 4.35. The second-order valence-electron chi connectivity index (χ2n) is 2.06. The van der Waals surface area contributed by atoms with E-state index in [-0.39, 0.29) is 15.7 Å². The molecule has 0 unspecified atom stereocenters. The molecule has 0 aliphatic rings. The summed E-state index contributed by atoms with van der Waals surface area (Å²) < 4.78 is 27.2. The molecular formula is C6H4ClF2N3S. The van der Waals surface area contributed by atoms with Gasteiger partial charge in [-0.15, -0.1) is 0 Å². The van der Waals surface area contributed by atoms with Crippen LogP contribution in [-0.2, 0) is 0 Å². The molecule has 3 nitrogen and oxygen atoms in total. The van der Waals surface area contributed by atoms with Gasteiger partial charge >= 0.3 is 0 Å². The predicted octanol–water partition coefficient (Wildman–Crippen LogP) is 2.35. The normalized spacial score (nSPS) is 10.1. The van der Waals surface area contributed by atoms with Crippen molar-refractivity contribution in [3.63, 3.8) is 0 Å². The molecule has 1 aromatic heterocycles. The molecule has 0 amide bonds. The zero-order valence-electron chi connectivity index (χ0n) is 6.22. The smallest absolute Gasteiger partial charge is 0.255 e. The van der Waals surface area contributed by atoms with E-state index in [0.717, 1.165) is 11.5 Å². The van der Waals surface area contributed by atoms with Crippen LogP contribution in [0.4, 0.5) is 13.8 Å². The number of nitrogens with zero attached hydrogens (tertiary/aromatic N) is 2. The Hall–Kier alpha value is -0.930. The Balaban J connectivity index is 2.73. The molecule has 1 aromatic rings. The molecule has 1 N–H and O–H groups in total. The average Bonchev–Trinajstić information content (AvgIpc) is 2.42. The molecule has 0 fully saturated rings. The van der Waals surface area contributed by atoms with Crippen LogP contribution in [0.25, 0.3) is 0 Å². The minimum atomic E-state index is -2.47. The van der Waals surface area contributed by atoms with E-state index in [1.807, 2.05) is 0 Å². The molecule has 0 aliphatic carbocycles. The van der Waals surface area contributed by atoms with E-state index >= 15 is 0 Å². The summed E-state index contributed by atoms with van der Waals surface area (Å²) in [6.07, 6.45) is -2.47. The first-order valence-electron chi connectivity index (χ1n) is 3.22. The molecule has 0 saturated carbocycles. The third kappa shape index (κ3) is 2.50. The monoisotopic (exact) mass is 223 g/mol. The van der Waals surface area contributed by atoms with Crippen LogP contribution < -0.4 is 5.32 Å². The molecule has 1 heterocycles. The summed E-state index contributed by atoms with van der Waals surface area (Å²) in [6, 6.07) is 1.78. The van der Waals surface area contributed by atoms with Crippen molar-refractivity contribution in [3.05, 3.63) is 10.7 Å². The highest BCUT2D eigenvalue weighted by Crippen LogP contribution is 2.27. The maximum Gasteiger partial charge on any atom is 0.255 e. The fraction of sp³-hybridized carbons (Fsp3) is 0.333. The van der Waals surface area contributed by atoms with Crippen LogP contribution >= 0.6 is 23.1 Å². The Morgan fingerprint density at radius 3 is 2.92 bits per heavy atom. The predicted molar refractivity (Wildman–Crippen MR) is 46.3 cm³/mol. The van der Waals surface area contributed by atoms with E-state index in [0.29, 0.717) is 0 Å². The minimum Gasteiger partial charge on any atom is -0.369 e. The van der Waals surface area contributed by atoms with Crippen LogP contribution in [-0.4, -0.2) is 17.3 Å². The topological polar surface area (TPSA) is 48.7 Å². The lowest BCUT2D eigenvalue weighted by atomic mass is 10.4. The first-order valence-corrected chi connectivity index (χ1v) is 4.37. The maximum atomic E-state index is 11.8. The number of halogens is 3. The summed E-state index contributed by atoms with van der Waals surface area (Å²) in [7, 11) is 0. The number of hydrogen-bond donors (Lipinski definition) is 1. The first-order chi connectivity index (χ1) is 6.15. The van der Waals surface area contributed by atoms with Crippen molar-refractivity contribution >= 4 is 28.1 Å². The van der Waals surface area contributed by atoms with E-state index in [1.54, 1.807) is 6.07 Å². The molecular weight excluding hydrogens is 220 g/mol. The van der Waals surface area contributed by atoms with E-state index in [2.05, 4.69) is 9.69 Å². The summed E-state index contributed by atoms with van der Waals surface area (Å²) in [6.45, 7) is -0.507. The van der Waals surface area contributed by atoms with Crippen LogP contribution in [0.5, 0.6) is 0 Å². The standard InChI is InChI=1S/C6H4ClF2N3S/c7-5-3(1-10)6(13-12-5)11-2-4(8)9/h4,11H,2H2. The summed E-state index contributed by atoms with van der Waals surface area (Å²) >= 11 is 6.40. The Labute approximate surface area is 82.1 Å². The van der Waals surface area contributed by atoms with Crippen LogP contribution in [0, 0.1) is 11.3 Å². The van der Waals surface area contributed by atoms with Gasteiger partial charge in [0.1, 0.15) is 16.6 Å². The number of nitrogens with one attached hydrogen (secondary N) is 1. The molecule has 0 atom stereocenters. The molecule has 0 bridgehead atoms.